The Morgan fingerprint density at radius 1 is 1.14 bits per heavy atom. The van der Waals surface area contributed by atoms with E-state index < -0.39 is 17.7 Å². The van der Waals surface area contributed by atoms with Gasteiger partial charge in [-0.1, -0.05) is 18.2 Å². The second-order valence-corrected chi connectivity index (χ2v) is 5.51. The molecule has 21 heavy (non-hydrogen) atoms. The van der Waals surface area contributed by atoms with E-state index in [-0.39, 0.29) is 17.1 Å². The summed E-state index contributed by atoms with van der Waals surface area (Å²) in [4.78, 5) is 24.6. The number of hydrogen-bond donors (Lipinski definition) is 3. The van der Waals surface area contributed by atoms with E-state index in [4.69, 9.17) is 0 Å². The summed E-state index contributed by atoms with van der Waals surface area (Å²) < 4.78 is 0. The molecular formula is C15H11NO4S. The summed E-state index contributed by atoms with van der Waals surface area (Å²) in [7, 11) is 0. The molecule has 3 N–H and O–H groups in total. The highest BCUT2D eigenvalue weighted by molar-refractivity contribution is 7.12. The number of aliphatic hydroxyl groups excluding tert-OH is 1. The number of rotatable bonds is 3. The van der Waals surface area contributed by atoms with Crippen molar-refractivity contribution in [3.63, 3.8) is 0 Å². The predicted molar refractivity (Wildman–Crippen MR) is 77.3 cm³/mol. The van der Waals surface area contributed by atoms with Crippen LogP contribution in [0.1, 0.15) is 21.3 Å². The van der Waals surface area contributed by atoms with Crippen molar-refractivity contribution in [1.29, 1.82) is 0 Å². The second-order valence-electron chi connectivity index (χ2n) is 4.57. The summed E-state index contributed by atoms with van der Waals surface area (Å²) in [5, 5.41) is 23.6. The smallest absolute Gasteiger partial charge is 0.287 e. The summed E-state index contributed by atoms with van der Waals surface area (Å²) in [5.41, 5.74) is 0.651. The average Bonchev–Trinajstić information content (AvgIpc) is 3.09. The number of aliphatic hydroxyl groups is 1. The third-order valence-corrected chi connectivity index (χ3v) is 4.12. The van der Waals surface area contributed by atoms with Gasteiger partial charge in [-0.25, -0.2) is 0 Å². The Labute approximate surface area is 124 Å². The maximum atomic E-state index is 12.5. The molecule has 2 aromatic rings. The predicted octanol–water partition coefficient (Wildman–Crippen LogP) is 2.32. The molecule has 0 radical (unpaired) electrons. The minimum Gasteiger partial charge on any atom is -0.508 e. The number of phenolic OH excluding ortho intramolecular Hbond substituents is 1. The fourth-order valence-corrected chi connectivity index (χ4v) is 2.90. The minimum atomic E-state index is -0.715. The van der Waals surface area contributed by atoms with Crippen molar-refractivity contribution < 1.29 is 19.8 Å². The largest absolute Gasteiger partial charge is 0.508 e. The number of amides is 1. The SMILES string of the molecule is O=C1N[C@H](c2ccc(O)cc2)C(C(=O)c2cccs2)=C1O. The lowest BCUT2D eigenvalue weighted by Gasteiger charge is -2.14. The summed E-state index contributed by atoms with van der Waals surface area (Å²) in [6.45, 7) is 0. The van der Waals surface area contributed by atoms with Crippen molar-refractivity contribution in [2.75, 3.05) is 0 Å². The van der Waals surface area contributed by atoms with Crippen molar-refractivity contribution in [2.24, 2.45) is 0 Å². The van der Waals surface area contributed by atoms with E-state index in [1.165, 1.54) is 23.5 Å². The molecule has 1 amide bonds. The van der Waals surface area contributed by atoms with Crippen molar-refractivity contribution >= 4 is 23.0 Å². The fourth-order valence-electron chi connectivity index (χ4n) is 2.23. The Balaban J connectivity index is 2.03. The zero-order valence-corrected chi connectivity index (χ0v) is 11.6. The van der Waals surface area contributed by atoms with E-state index in [2.05, 4.69) is 5.32 Å². The van der Waals surface area contributed by atoms with E-state index >= 15 is 0 Å². The van der Waals surface area contributed by atoms with Gasteiger partial charge in [0, 0.05) is 0 Å². The van der Waals surface area contributed by atoms with Crippen molar-refractivity contribution in [3.8, 4) is 5.75 Å². The molecule has 3 rings (SSSR count). The van der Waals surface area contributed by atoms with Crippen LogP contribution >= 0.6 is 11.3 Å². The summed E-state index contributed by atoms with van der Waals surface area (Å²) in [6.07, 6.45) is 0. The van der Waals surface area contributed by atoms with Gasteiger partial charge in [-0.3, -0.25) is 9.59 Å². The van der Waals surface area contributed by atoms with Crippen LogP contribution in [0.2, 0.25) is 0 Å². The number of carbonyl (C=O) groups excluding carboxylic acids is 2. The first-order chi connectivity index (χ1) is 10.1. The Hall–Kier alpha value is -2.60. The molecule has 6 heteroatoms. The number of hydrogen-bond acceptors (Lipinski definition) is 5. The first kappa shape index (κ1) is 13.4. The van der Waals surface area contributed by atoms with E-state index in [0.717, 1.165) is 0 Å². The van der Waals surface area contributed by atoms with E-state index in [9.17, 15) is 19.8 Å². The highest BCUT2D eigenvalue weighted by atomic mass is 32.1. The summed E-state index contributed by atoms with van der Waals surface area (Å²) >= 11 is 1.25. The highest BCUT2D eigenvalue weighted by Gasteiger charge is 2.37. The number of Topliss-reactive ketones (excluding diaryl/α,β-unsaturated/α-hetero) is 1. The van der Waals surface area contributed by atoms with E-state index in [1.54, 1.807) is 29.6 Å². The van der Waals surface area contributed by atoms with Crippen LogP contribution in [-0.4, -0.2) is 21.9 Å². The molecule has 0 bridgehead atoms. The zero-order chi connectivity index (χ0) is 15.0. The third-order valence-electron chi connectivity index (χ3n) is 3.25. The number of carbonyl (C=O) groups is 2. The first-order valence-electron chi connectivity index (χ1n) is 6.19. The molecule has 0 aliphatic carbocycles. The molecular weight excluding hydrogens is 290 g/mol. The number of ketones is 1. The Morgan fingerprint density at radius 2 is 1.86 bits per heavy atom. The molecule has 1 aliphatic heterocycles. The molecule has 1 atom stereocenters. The normalized spacial score (nSPS) is 17.9. The van der Waals surface area contributed by atoms with Crippen LogP contribution in [0.3, 0.4) is 0 Å². The number of thiophene rings is 1. The van der Waals surface area contributed by atoms with Crippen LogP contribution in [0.15, 0.2) is 53.1 Å². The Morgan fingerprint density at radius 3 is 2.48 bits per heavy atom. The number of benzene rings is 1. The molecule has 0 unspecified atom stereocenters. The molecule has 2 heterocycles. The molecule has 0 saturated carbocycles. The van der Waals surface area contributed by atoms with Crippen LogP contribution in [0, 0.1) is 0 Å². The summed E-state index contributed by atoms with van der Waals surface area (Å²) in [5.74, 6) is -1.51. The highest BCUT2D eigenvalue weighted by Crippen LogP contribution is 2.33. The van der Waals surface area contributed by atoms with Crippen molar-refractivity contribution in [2.45, 2.75) is 6.04 Å². The van der Waals surface area contributed by atoms with Gasteiger partial charge in [-0.2, -0.15) is 0 Å². The van der Waals surface area contributed by atoms with E-state index in [0.29, 0.717) is 10.4 Å². The number of aromatic hydroxyl groups is 1. The minimum absolute atomic E-state index is 0.0353. The Kier molecular flexibility index (Phi) is 3.23. The Bertz CT molecular complexity index is 732. The quantitative estimate of drug-likeness (QED) is 0.759. The van der Waals surface area contributed by atoms with Gasteiger partial charge in [0.05, 0.1) is 16.5 Å². The second kappa shape index (κ2) is 5.06. The van der Waals surface area contributed by atoms with Crippen molar-refractivity contribution in [1.82, 2.24) is 5.32 Å². The topological polar surface area (TPSA) is 86.6 Å². The van der Waals surface area contributed by atoms with Gasteiger partial charge in [0.2, 0.25) is 5.78 Å². The number of phenols is 1. The molecule has 0 spiro atoms. The third kappa shape index (κ3) is 2.30. The van der Waals surface area contributed by atoms with Gasteiger partial charge < -0.3 is 15.5 Å². The molecule has 1 aromatic carbocycles. The zero-order valence-electron chi connectivity index (χ0n) is 10.7. The first-order valence-corrected chi connectivity index (χ1v) is 7.07. The van der Waals surface area contributed by atoms with Crippen LogP contribution in [0.4, 0.5) is 0 Å². The lowest BCUT2D eigenvalue weighted by Crippen LogP contribution is -2.23. The van der Waals surface area contributed by atoms with Gasteiger partial charge >= 0.3 is 0 Å². The van der Waals surface area contributed by atoms with Crippen molar-refractivity contribution in [3.05, 3.63) is 63.6 Å². The molecule has 1 aliphatic rings. The molecule has 0 fully saturated rings. The van der Waals surface area contributed by atoms with Crippen LogP contribution in [-0.2, 0) is 4.79 Å². The molecule has 1 aromatic heterocycles. The molecule has 106 valence electrons. The van der Waals surface area contributed by atoms with Gasteiger partial charge in [-0.05, 0) is 29.1 Å². The van der Waals surface area contributed by atoms with Gasteiger partial charge in [-0.15, -0.1) is 11.3 Å². The van der Waals surface area contributed by atoms with Gasteiger partial charge in [0.25, 0.3) is 5.91 Å². The number of nitrogens with one attached hydrogen (secondary N) is 1. The lowest BCUT2D eigenvalue weighted by molar-refractivity contribution is -0.119. The standard InChI is InChI=1S/C15H11NO4S/c17-9-5-3-8(4-6-9)12-11(14(19)15(20)16-12)13(18)10-2-1-7-21-10/h1-7,12,17,19H,(H,16,20)/t12-/m1/s1. The average molecular weight is 301 g/mol. The molecule has 5 nitrogen and oxygen atoms in total. The summed E-state index contributed by atoms with van der Waals surface area (Å²) in [6, 6.07) is 8.78. The molecule has 0 saturated heterocycles. The van der Waals surface area contributed by atoms with Crippen LogP contribution in [0.25, 0.3) is 0 Å². The fraction of sp³-hybridized carbons (Fsp3) is 0.0667. The maximum absolute atomic E-state index is 12.5. The van der Waals surface area contributed by atoms with E-state index in [1.807, 2.05) is 0 Å². The monoisotopic (exact) mass is 301 g/mol. The lowest BCUT2D eigenvalue weighted by atomic mass is 9.96. The van der Waals surface area contributed by atoms with Crippen LogP contribution in [0.5, 0.6) is 5.75 Å². The van der Waals surface area contributed by atoms with Gasteiger partial charge in [0.1, 0.15) is 5.75 Å². The maximum Gasteiger partial charge on any atom is 0.287 e. The van der Waals surface area contributed by atoms with Crippen LogP contribution < -0.4 is 5.32 Å². The van der Waals surface area contributed by atoms with Gasteiger partial charge in [0.15, 0.2) is 5.76 Å².